The van der Waals surface area contributed by atoms with E-state index < -0.39 is 62.9 Å². The van der Waals surface area contributed by atoms with Gasteiger partial charge in [-0.3, -0.25) is 0 Å². The summed E-state index contributed by atoms with van der Waals surface area (Å²) in [7, 11) is -4.01. The minimum atomic E-state index is -4.93. The van der Waals surface area contributed by atoms with Crippen LogP contribution in [0.15, 0.2) is 75.8 Å². The highest BCUT2D eigenvalue weighted by molar-refractivity contribution is 7.90. The SMILES string of the molecule is CCc1nc(-c2ccc(OC(F)(F)F)cc2)c(-c2cc(-c3cc(F)c(CO)c(S(C)(=O)=O)c3)ccc2N2C=C(C(F)(F)F)NC2C)o1. The quantitative estimate of drug-likeness (QED) is 0.186. The molecule has 250 valence electrons. The van der Waals surface area contributed by atoms with Crippen LogP contribution in [0.1, 0.15) is 25.3 Å². The van der Waals surface area contributed by atoms with Crippen LogP contribution in [0.3, 0.4) is 0 Å². The fourth-order valence-electron chi connectivity index (χ4n) is 5.11. The number of ether oxygens (including phenoxy) is 1. The van der Waals surface area contributed by atoms with Crippen molar-refractivity contribution in [3.63, 3.8) is 0 Å². The molecule has 0 saturated carbocycles. The summed E-state index contributed by atoms with van der Waals surface area (Å²) in [5.74, 6) is -1.28. The molecule has 1 aliphatic heterocycles. The lowest BCUT2D eigenvalue weighted by Crippen LogP contribution is -2.35. The largest absolute Gasteiger partial charge is 0.573 e. The van der Waals surface area contributed by atoms with Crippen LogP contribution in [0.5, 0.6) is 5.75 Å². The summed E-state index contributed by atoms with van der Waals surface area (Å²) in [4.78, 5) is 5.32. The summed E-state index contributed by atoms with van der Waals surface area (Å²) in [6, 6.07) is 11.2. The van der Waals surface area contributed by atoms with E-state index in [0.717, 1.165) is 30.7 Å². The van der Waals surface area contributed by atoms with Crippen LogP contribution in [0, 0.1) is 5.82 Å². The Morgan fingerprint density at radius 2 is 1.66 bits per heavy atom. The smallest absolute Gasteiger partial charge is 0.440 e. The number of oxazole rings is 1. The van der Waals surface area contributed by atoms with Crippen LogP contribution in [0.4, 0.5) is 36.4 Å². The lowest BCUT2D eigenvalue weighted by Gasteiger charge is -2.25. The second-order valence-electron chi connectivity index (χ2n) is 10.6. The van der Waals surface area contributed by atoms with Gasteiger partial charge in [-0.15, -0.1) is 13.2 Å². The maximum atomic E-state index is 15.1. The third-order valence-corrected chi connectivity index (χ3v) is 8.42. The van der Waals surface area contributed by atoms with Gasteiger partial charge in [-0.05, 0) is 66.6 Å². The zero-order valence-corrected chi connectivity index (χ0v) is 25.6. The van der Waals surface area contributed by atoms with Crippen molar-refractivity contribution < 1.29 is 53.4 Å². The van der Waals surface area contributed by atoms with E-state index in [9.17, 15) is 39.9 Å². The van der Waals surface area contributed by atoms with Crippen LogP contribution in [-0.4, -0.2) is 43.5 Å². The van der Waals surface area contributed by atoms with Crippen molar-refractivity contribution in [1.29, 1.82) is 0 Å². The number of anilines is 1. The summed E-state index contributed by atoms with van der Waals surface area (Å²) in [6.45, 7) is 2.31. The van der Waals surface area contributed by atoms with Gasteiger partial charge < -0.3 is 24.5 Å². The number of allylic oxidation sites excluding steroid dienone is 1. The molecule has 8 nitrogen and oxygen atoms in total. The lowest BCUT2D eigenvalue weighted by molar-refractivity contribution is -0.274. The molecule has 2 N–H and O–H groups in total. The number of aromatic nitrogens is 1. The topological polar surface area (TPSA) is 105 Å². The number of nitrogens with one attached hydrogen (secondary N) is 1. The summed E-state index contributed by atoms with van der Waals surface area (Å²) in [6.07, 6.45) is -8.57. The van der Waals surface area contributed by atoms with E-state index in [1.807, 2.05) is 0 Å². The maximum Gasteiger partial charge on any atom is 0.573 e. The molecule has 0 spiro atoms. The molecule has 1 aromatic heterocycles. The molecule has 0 aliphatic carbocycles. The van der Waals surface area contributed by atoms with E-state index in [1.54, 1.807) is 6.92 Å². The van der Waals surface area contributed by atoms with E-state index in [4.69, 9.17) is 4.42 Å². The lowest BCUT2D eigenvalue weighted by atomic mass is 9.97. The second kappa shape index (κ2) is 12.2. The molecule has 1 atom stereocenters. The summed E-state index contributed by atoms with van der Waals surface area (Å²) >= 11 is 0. The Morgan fingerprint density at radius 3 is 2.21 bits per heavy atom. The molecule has 0 radical (unpaired) electrons. The number of aryl methyl sites for hydroxylation is 1. The molecule has 47 heavy (non-hydrogen) atoms. The zero-order chi connectivity index (χ0) is 34.5. The first-order chi connectivity index (χ1) is 21.9. The van der Waals surface area contributed by atoms with Crippen molar-refractivity contribution in [1.82, 2.24) is 10.3 Å². The van der Waals surface area contributed by atoms with Gasteiger partial charge in [-0.25, -0.2) is 17.8 Å². The third-order valence-electron chi connectivity index (χ3n) is 7.26. The number of benzene rings is 3. The maximum absolute atomic E-state index is 15.1. The Labute approximate surface area is 264 Å². The first kappa shape index (κ1) is 33.8. The van der Waals surface area contributed by atoms with Crippen LogP contribution >= 0.6 is 0 Å². The number of nitrogens with zero attached hydrogens (tertiary/aromatic N) is 2. The zero-order valence-electron chi connectivity index (χ0n) is 24.8. The van der Waals surface area contributed by atoms with Gasteiger partial charge in [0.25, 0.3) is 0 Å². The van der Waals surface area contributed by atoms with E-state index in [1.165, 1.54) is 48.2 Å². The number of alkyl halides is 6. The molecular formula is C31H26F7N3O5S. The molecule has 16 heteroatoms. The Hall–Kier alpha value is -4.57. The summed E-state index contributed by atoms with van der Waals surface area (Å²) in [5, 5.41) is 12.0. The predicted molar refractivity (Wildman–Crippen MR) is 157 cm³/mol. The van der Waals surface area contributed by atoms with Crippen molar-refractivity contribution in [2.45, 2.75) is 50.5 Å². The average molecular weight is 686 g/mol. The predicted octanol–water partition coefficient (Wildman–Crippen LogP) is 7.33. The van der Waals surface area contributed by atoms with Crippen molar-refractivity contribution in [2.24, 2.45) is 0 Å². The summed E-state index contributed by atoms with van der Waals surface area (Å²) in [5.41, 5.74) is -0.404. The molecule has 1 aliphatic rings. The Balaban J connectivity index is 1.74. The number of halogens is 7. The molecule has 0 amide bonds. The molecule has 2 heterocycles. The highest BCUT2D eigenvalue weighted by Gasteiger charge is 2.40. The first-order valence-corrected chi connectivity index (χ1v) is 15.8. The molecular weight excluding hydrogens is 659 g/mol. The Kier molecular flexibility index (Phi) is 8.79. The van der Waals surface area contributed by atoms with Gasteiger partial charge in [0.2, 0.25) is 0 Å². The minimum Gasteiger partial charge on any atom is -0.440 e. The van der Waals surface area contributed by atoms with E-state index in [-0.39, 0.29) is 51.7 Å². The van der Waals surface area contributed by atoms with E-state index >= 15 is 4.39 Å². The first-order valence-electron chi connectivity index (χ1n) is 13.9. The van der Waals surface area contributed by atoms with Crippen molar-refractivity contribution in [3.05, 3.63) is 83.8 Å². The van der Waals surface area contributed by atoms with E-state index in [0.29, 0.717) is 0 Å². The summed E-state index contributed by atoms with van der Waals surface area (Å²) < 4.78 is 129. The fraction of sp³-hybridized carbons (Fsp3) is 0.258. The number of hydrogen-bond acceptors (Lipinski definition) is 8. The molecule has 0 bridgehead atoms. The molecule has 0 saturated heterocycles. The Morgan fingerprint density at radius 1 is 1.00 bits per heavy atom. The van der Waals surface area contributed by atoms with Crippen LogP contribution in [0.25, 0.3) is 33.7 Å². The number of sulfone groups is 1. The molecule has 3 aromatic carbocycles. The average Bonchev–Trinajstić information content (AvgIpc) is 3.59. The van der Waals surface area contributed by atoms with Gasteiger partial charge in [0.15, 0.2) is 21.5 Å². The Bertz CT molecular complexity index is 1950. The minimum absolute atomic E-state index is 0.0278. The second-order valence-corrected chi connectivity index (χ2v) is 12.6. The van der Waals surface area contributed by atoms with Crippen molar-refractivity contribution in [2.75, 3.05) is 11.2 Å². The standard InChI is InChI=1S/C31H26F7N3O5S/c1-4-27-40-28(17-5-8-20(9-6-17)46-31(36,37)38)29(45-27)21-11-18(19-12-23(32)22(15-42)25(13-19)47(3,43)44)7-10-24(21)41-14-26(30(33,34)35)39-16(41)2/h5-14,16,39,42H,4,15H2,1-3H3. The van der Waals surface area contributed by atoms with Gasteiger partial charge >= 0.3 is 12.5 Å². The van der Waals surface area contributed by atoms with Gasteiger partial charge in [0.1, 0.15) is 29.1 Å². The van der Waals surface area contributed by atoms with Gasteiger partial charge in [-0.2, -0.15) is 13.2 Å². The normalized spacial score (nSPS) is 15.5. The molecule has 4 aromatic rings. The molecule has 5 rings (SSSR count). The monoisotopic (exact) mass is 685 g/mol. The van der Waals surface area contributed by atoms with Crippen LogP contribution in [0.2, 0.25) is 0 Å². The number of hydrogen-bond donors (Lipinski definition) is 2. The van der Waals surface area contributed by atoms with Crippen LogP contribution in [-0.2, 0) is 22.9 Å². The van der Waals surface area contributed by atoms with E-state index in [2.05, 4.69) is 15.0 Å². The number of aliphatic hydroxyl groups excluding tert-OH is 1. The van der Waals surface area contributed by atoms with Crippen LogP contribution < -0.4 is 15.0 Å². The van der Waals surface area contributed by atoms with Crippen molar-refractivity contribution in [3.8, 4) is 39.5 Å². The number of aliphatic hydroxyl groups is 1. The number of rotatable bonds is 8. The van der Waals surface area contributed by atoms with Gasteiger partial charge in [0.05, 0.1) is 17.2 Å². The van der Waals surface area contributed by atoms with Gasteiger partial charge in [-0.1, -0.05) is 13.0 Å². The highest BCUT2D eigenvalue weighted by Crippen LogP contribution is 2.43. The van der Waals surface area contributed by atoms with Crippen molar-refractivity contribution >= 4 is 15.5 Å². The fourth-order valence-corrected chi connectivity index (χ4v) is 6.06. The highest BCUT2D eigenvalue weighted by atomic mass is 32.2. The molecule has 1 unspecified atom stereocenters. The molecule has 0 fully saturated rings. The van der Waals surface area contributed by atoms with Gasteiger partial charge in [0, 0.05) is 35.6 Å². The third kappa shape index (κ3) is 7.07.